The van der Waals surface area contributed by atoms with Crippen LogP contribution in [0, 0.1) is 0 Å². The lowest BCUT2D eigenvalue weighted by Crippen LogP contribution is -2.68. The molecule has 0 aromatic heterocycles. The van der Waals surface area contributed by atoms with Crippen molar-refractivity contribution in [3.63, 3.8) is 0 Å². The summed E-state index contributed by atoms with van der Waals surface area (Å²) < 4.78 is 0. The van der Waals surface area contributed by atoms with E-state index < -0.39 is 0 Å². The number of piperidine rings is 1. The smallest absolute Gasteiger partial charge is 0.230 e. The largest absolute Gasteiger partial charge is 0.339 e. The molecule has 3 aliphatic heterocycles. The molecule has 1 aliphatic carbocycles. The van der Waals surface area contributed by atoms with Gasteiger partial charge in [0.05, 0.1) is 5.92 Å². The first-order valence-electron chi connectivity index (χ1n) is 6.44. The maximum atomic E-state index is 12.4. The Labute approximate surface area is 101 Å². The lowest BCUT2D eigenvalue weighted by atomic mass is 9.76. The Morgan fingerprint density at radius 3 is 2.65 bits per heavy atom. The minimum atomic E-state index is 0.142. The molecule has 88 valence electrons. The van der Waals surface area contributed by atoms with E-state index >= 15 is 0 Å². The summed E-state index contributed by atoms with van der Waals surface area (Å²) in [7, 11) is 0. The summed E-state index contributed by atoms with van der Waals surface area (Å²) in [5, 5.41) is 3.46. The molecule has 0 saturated carbocycles. The summed E-state index contributed by atoms with van der Waals surface area (Å²) in [5.74, 6) is 0.489. The van der Waals surface area contributed by atoms with Gasteiger partial charge in [-0.05, 0) is 24.0 Å². The molecule has 2 bridgehead atoms. The average Bonchev–Trinajstić information content (AvgIpc) is 2.30. The van der Waals surface area contributed by atoms with E-state index in [4.69, 9.17) is 0 Å². The Morgan fingerprint density at radius 2 is 1.94 bits per heavy atom. The molecule has 1 aromatic rings. The molecule has 3 heteroatoms. The van der Waals surface area contributed by atoms with Crippen LogP contribution in [0.3, 0.4) is 0 Å². The molecule has 3 atom stereocenters. The highest BCUT2D eigenvalue weighted by atomic mass is 16.2. The predicted molar refractivity (Wildman–Crippen MR) is 64.8 cm³/mol. The van der Waals surface area contributed by atoms with E-state index in [-0.39, 0.29) is 5.92 Å². The number of piperazine rings is 1. The van der Waals surface area contributed by atoms with E-state index in [1.54, 1.807) is 0 Å². The SMILES string of the molecule is O=C(C1Cc2ccccc21)N1CC2CC(C1)N2. The Hall–Kier alpha value is -1.35. The van der Waals surface area contributed by atoms with Crippen LogP contribution < -0.4 is 5.32 Å². The number of rotatable bonds is 1. The number of carbonyl (C=O) groups excluding carboxylic acids is 1. The van der Waals surface area contributed by atoms with Gasteiger partial charge in [-0.25, -0.2) is 0 Å². The van der Waals surface area contributed by atoms with Crippen molar-refractivity contribution in [2.45, 2.75) is 30.8 Å². The lowest BCUT2D eigenvalue weighted by Gasteiger charge is -2.49. The van der Waals surface area contributed by atoms with Gasteiger partial charge in [-0.3, -0.25) is 4.79 Å². The molecular formula is C14H16N2O. The number of amides is 1. The van der Waals surface area contributed by atoms with Gasteiger partial charge < -0.3 is 10.2 Å². The van der Waals surface area contributed by atoms with Crippen LogP contribution in [-0.4, -0.2) is 36.0 Å². The number of hydrogen-bond acceptors (Lipinski definition) is 2. The van der Waals surface area contributed by atoms with E-state index in [0.29, 0.717) is 18.0 Å². The molecule has 1 N–H and O–H groups in total. The van der Waals surface area contributed by atoms with Crippen molar-refractivity contribution in [1.82, 2.24) is 10.2 Å². The van der Waals surface area contributed by atoms with Crippen LogP contribution in [0.4, 0.5) is 0 Å². The summed E-state index contributed by atoms with van der Waals surface area (Å²) in [6, 6.07) is 9.45. The zero-order valence-corrected chi connectivity index (χ0v) is 9.73. The number of benzene rings is 1. The molecule has 1 aromatic carbocycles. The van der Waals surface area contributed by atoms with Gasteiger partial charge >= 0.3 is 0 Å². The molecule has 3 nitrogen and oxygen atoms in total. The van der Waals surface area contributed by atoms with Crippen molar-refractivity contribution in [1.29, 1.82) is 0 Å². The molecule has 0 radical (unpaired) electrons. The fourth-order valence-corrected chi connectivity index (χ4v) is 3.39. The van der Waals surface area contributed by atoms with Crippen molar-refractivity contribution in [2.75, 3.05) is 13.1 Å². The summed E-state index contributed by atoms with van der Waals surface area (Å²) in [6.45, 7) is 1.82. The highest BCUT2D eigenvalue weighted by molar-refractivity contribution is 5.87. The fraction of sp³-hybridized carbons (Fsp3) is 0.500. The van der Waals surface area contributed by atoms with Gasteiger partial charge in [0.25, 0.3) is 0 Å². The quantitative estimate of drug-likeness (QED) is 0.774. The minimum Gasteiger partial charge on any atom is -0.339 e. The Kier molecular flexibility index (Phi) is 1.89. The number of nitrogens with zero attached hydrogens (tertiary/aromatic N) is 1. The monoisotopic (exact) mass is 228 g/mol. The topological polar surface area (TPSA) is 32.3 Å². The summed E-state index contributed by atoms with van der Waals surface area (Å²) >= 11 is 0. The van der Waals surface area contributed by atoms with Gasteiger partial charge in [-0.2, -0.15) is 0 Å². The summed E-state index contributed by atoms with van der Waals surface area (Å²) in [5.41, 5.74) is 2.61. The van der Waals surface area contributed by atoms with E-state index in [0.717, 1.165) is 19.5 Å². The number of nitrogens with one attached hydrogen (secondary N) is 1. The normalized spacial score (nSPS) is 33.4. The van der Waals surface area contributed by atoms with Gasteiger partial charge in [-0.1, -0.05) is 24.3 Å². The van der Waals surface area contributed by atoms with E-state index in [1.165, 1.54) is 17.5 Å². The van der Waals surface area contributed by atoms with Gasteiger partial charge in [-0.15, -0.1) is 0 Å². The van der Waals surface area contributed by atoms with Crippen molar-refractivity contribution in [2.24, 2.45) is 0 Å². The van der Waals surface area contributed by atoms with Crippen molar-refractivity contribution in [3.8, 4) is 0 Å². The van der Waals surface area contributed by atoms with E-state index in [1.807, 2.05) is 6.07 Å². The molecular weight excluding hydrogens is 212 g/mol. The maximum Gasteiger partial charge on any atom is 0.230 e. The standard InChI is InChI=1S/C14H16N2O/c17-14(16-7-10-6-11(8-16)15-10)13-5-9-3-1-2-4-12(9)13/h1-4,10-11,13,15H,5-8H2. The average molecular weight is 228 g/mol. The maximum absolute atomic E-state index is 12.4. The number of carbonyl (C=O) groups is 1. The molecule has 5 rings (SSSR count). The second-order valence-electron chi connectivity index (χ2n) is 5.49. The van der Waals surface area contributed by atoms with Gasteiger partial charge in [0.15, 0.2) is 0 Å². The molecule has 4 aliphatic rings. The van der Waals surface area contributed by atoms with Crippen LogP contribution in [0.5, 0.6) is 0 Å². The van der Waals surface area contributed by atoms with Gasteiger partial charge in [0.1, 0.15) is 0 Å². The summed E-state index contributed by atoms with van der Waals surface area (Å²) in [6.07, 6.45) is 2.19. The zero-order chi connectivity index (χ0) is 11.4. The van der Waals surface area contributed by atoms with Crippen LogP contribution in [0.1, 0.15) is 23.5 Å². The third-order valence-electron chi connectivity index (χ3n) is 4.39. The van der Waals surface area contributed by atoms with Crippen LogP contribution in [0.15, 0.2) is 24.3 Å². The van der Waals surface area contributed by atoms with Crippen LogP contribution in [0.2, 0.25) is 0 Å². The molecule has 3 unspecified atom stereocenters. The fourth-order valence-electron chi connectivity index (χ4n) is 3.39. The van der Waals surface area contributed by atoms with Crippen molar-refractivity contribution in [3.05, 3.63) is 35.4 Å². The highest BCUT2D eigenvalue weighted by Gasteiger charge is 2.42. The van der Waals surface area contributed by atoms with E-state index in [2.05, 4.69) is 28.4 Å². The third-order valence-corrected chi connectivity index (χ3v) is 4.39. The highest BCUT2D eigenvalue weighted by Crippen LogP contribution is 2.37. The molecule has 0 spiro atoms. The van der Waals surface area contributed by atoms with Crippen LogP contribution >= 0.6 is 0 Å². The predicted octanol–water partition coefficient (Wildman–Crippen LogP) is 0.899. The third kappa shape index (κ3) is 1.35. The zero-order valence-electron chi connectivity index (χ0n) is 9.73. The molecule has 17 heavy (non-hydrogen) atoms. The lowest BCUT2D eigenvalue weighted by molar-refractivity contribution is -0.137. The minimum absolute atomic E-state index is 0.142. The molecule has 3 heterocycles. The van der Waals surface area contributed by atoms with Crippen LogP contribution in [-0.2, 0) is 11.2 Å². The van der Waals surface area contributed by atoms with E-state index in [9.17, 15) is 4.79 Å². The number of hydrogen-bond donors (Lipinski definition) is 1. The first-order valence-corrected chi connectivity index (χ1v) is 6.44. The van der Waals surface area contributed by atoms with Gasteiger partial charge in [0.2, 0.25) is 5.91 Å². The van der Waals surface area contributed by atoms with Gasteiger partial charge in [0, 0.05) is 25.2 Å². The summed E-state index contributed by atoms with van der Waals surface area (Å²) in [4.78, 5) is 14.5. The molecule has 3 saturated heterocycles. The van der Waals surface area contributed by atoms with Crippen molar-refractivity contribution < 1.29 is 4.79 Å². The Balaban J connectivity index is 1.52. The molecule has 3 fully saturated rings. The Morgan fingerprint density at radius 1 is 1.24 bits per heavy atom. The first kappa shape index (κ1) is 9.66. The molecule has 1 amide bonds. The van der Waals surface area contributed by atoms with Crippen LogP contribution in [0.25, 0.3) is 0 Å². The second kappa shape index (κ2) is 3.33. The first-order chi connectivity index (χ1) is 8.31. The van der Waals surface area contributed by atoms with Crippen molar-refractivity contribution >= 4 is 5.91 Å². The second-order valence-corrected chi connectivity index (χ2v) is 5.49. The Bertz CT molecular complexity index is 469. The number of fused-ring (bicyclic) bond motifs is 3.